The molecule has 1 aliphatic rings. The highest BCUT2D eigenvalue weighted by Crippen LogP contribution is 2.24. The van der Waals surface area contributed by atoms with Gasteiger partial charge in [0, 0.05) is 6.42 Å². The van der Waals surface area contributed by atoms with Crippen LogP contribution in [-0.4, -0.2) is 4.98 Å². The molecule has 1 aromatic carbocycles. The molecule has 0 atom stereocenters. The Bertz CT molecular complexity index is 458. The maximum atomic E-state index is 5.67. The van der Waals surface area contributed by atoms with Crippen molar-refractivity contribution in [2.45, 2.75) is 32.1 Å². The molecule has 0 amide bonds. The van der Waals surface area contributed by atoms with Gasteiger partial charge in [-0.1, -0.05) is 18.6 Å². The Morgan fingerprint density at radius 3 is 3.00 bits per heavy atom. The number of hydrogen-bond donors (Lipinski definition) is 0. The molecule has 72 valence electrons. The molecular weight excluding hydrogens is 174 g/mol. The van der Waals surface area contributed by atoms with Crippen molar-refractivity contribution >= 4 is 11.1 Å². The fourth-order valence-corrected chi connectivity index (χ4v) is 2.13. The molecule has 2 nitrogen and oxygen atoms in total. The molecule has 2 bridgehead atoms. The Balaban J connectivity index is 2.24. The molecule has 14 heavy (non-hydrogen) atoms. The fourth-order valence-electron chi connectivity index (χ4n) is 2.13. The quantitative estimate of drug-likeness (QED) is 0.633. The summed E-state index contributed by atoms with van der Waals surface area (Å²) < 4.78 is 5.67. The molecule has 2 heteroatoms. The number of rotatable bonds is 0. The van der Waals surface area contributed by atoms with Crippen LogP contribution in [0.3, 0.4) is 0 Å². The van der Waals surface area contributed by atoms with Gasteiger partial charge in [0.1, 0.15) is 5.52 Å². The van der Waals surface area contributed by atoms with Crippen molar-refractivity contribution in [1.29, 1.82) is 0 Å². The standard InChI is InChI=1S/C12H13NO/c1-2-5-9-6-4-7-10-12(9)13-11(14-10)8-3-1/h4,6-7H,1-3,5,8H2. The van der Waals surface area contributed by atoms with Gasteiger partial charge in [0.05, 0.1) is 0 Å². The fraction of sp³-hybridized carbons (Fsp3) is 0.417. The lowest BCUT2D eigenvalue weighted by atomic mass is 10.1. The van der Waals surface area contributed by atoms with E-state index in [9.17, 15) is 0 Å². The highest BCUT2D eigenvalue weighted by atomic mass is 16.3. The minimum absolute atomic E-state index is 0.911. The summed E-state index contributed by atoms with van der Waals surface area (Å²) in [7, 11) is 0. The van der Waals surface area contributed by atoms with Crippen molar-refractivity contribution in [3.05, 3.63) is 29.7 Å². The Morgan fingerprint density at radius 2 is 2.00 bits per heavy atom. The molecule has 0 unspecified atom stereocenters. The summed E-state index contributed by atoms with van der Waals surface area (Å²) in [5.74, 6) is 0.911. The van der Waals surface area contributed by atoms with E-state index >= 15 is 0 Å². The lowest BCUT2D eigenvalue weighted by molar-refractivity contribution is 0.510. The third-order valence-electron chi connectivity index (χ3n) is 2.88. The second kappa shape index (κ2) is 3.12. The van der Waals surface area contributed by atoms with Crippen LogP contribution >= 0.6 is 0 Å². The summed E-state index contributed by atoms with van der Waals surface area (Å²) in [6.07, 6.45) is 5.90. The van der Waals surface area contributed by atoms with Crippen molar-refractivity contribution in [1.82, 2.24) is 4.98 Å². The van der Waals surface area contributed by atoms with Crippen molar-refractivity contribution in [3.8, 4) is 0 Å². The van der Waals surface area contributed by atoms with Crippen molar-refractivity contribution in [3.63, 3.8) is 0 Å². The Morgan fingerprint density at radius 1 is 1.07 bits per heavy atom. The van der Waals surface area contributed by atoms with Crippen molar-refractivity contribution in [2.75, 3.05) is 0 Å². The minimum atomic E-state index is 0.911. The summed E-state index contributed by atoms with van der Waals surface area (Å²) in [6, 6.07) is 6.24. The van der Waals surface area contributed by atoms with Gasteiger partial charge >= 0.3 is 0 Å². The molecule has 3 rings (SSSR count). The summed E-state index contributed by atoms with van der Waals surface area (Å²) in [6.45, 7) is 0. The highest BCUT2D eigenvalue weighted by Gasteiger charge is 2.11. The van der Waals surface area contributed by atoms with Crippen LogP contribution in [0.1, 0.15) is 30.7 Å². The van der Waals surface area contributed by atoms with Crippen LogP contribution in [0.2, 0.25) is 0 Å². The minimum Gasteiger partial charge on any atom is -0.441 e. The Hall–Kier alpha value is -1.31. The maximum Gasteiger partial charge on any atom is 0.195 e. The zero-order chi connectivity index (χ0) is 9.38. The van der Waals surface area contributed by atoms with E-state index in [1.165, 1.54) is 24.8 Å². The lowest BCUT2D eigenvalue weighted by Crippen LogP contribution is -1.87. The van der Waals surface area contributed by atoms with E-state index in [0.717, 1.165) is 29.8 Å². The predicted molar refractivity (Wildman–Crippen MR) is 55.3 cm³/mol. The first kappa shape index (κ1) is 8.04. The van der Waals surface area contributed by atoms with Crippen LogP contribution in [0.5, 0.6) is 0 Å². The molecule has 0 saturated heterocycles. The number of hydrogen-bond acceptors (Lipinski definition) is 2. The zero-order valence-corrected chi connectivity index (χ0v) is 8.12. The molecule has 2 heterocycles. The third kappa shape index (κ3) is 1.22. The van der Waals surface area contributed by atoms with Crippen LogP contribution in [0, 0.1) is 0 Å². The van der Waals surface area contributed by atoms with E-state index < -0.39 is 0 Å². The van der Waals surface area contributed by atoms with Crippen molar-refractivity contribution in [2.24, 2.45) is 0 Å². The number of benzene rings is 1. The molecule has 0 fully saturated rings. The van der Waals surface area contributed by atoms with Gasteiger partial charge in [-0.3, -0.25) is 0 Å². The van der Waals surface area contributed by atoms with Gasteiger partial charge in [0.15, 0.2) is 11.5 Å². The molecule has 0 spiro atoms. The van der Waals surface area contributed by atoms with Crippen LogP contribution in [0.15, 0.2) is 22.6 Å². The molecule has 1 aliphatic heterocycles. The molecule has 2 aromatic rings. The first-order valence-corrected chi connectivity index (χ1v) is 5.31. The number of fused-ring (bicyclic) bond motifs is 1. The van der Waals surface area contributed by atoms with Gasteiger partial charge in [-0.05, 0) is 30.9 Å². The van der Waals surface area contributed by atoms with Crippen LogP contribution in [0.25, 0.3) is 11.1 Å². The van der Waals surface area contributed by atoms with Gasteiger partial charge in [0.25, 0.3) is 0 Å². The third-order valence-corrected chi connectivity index (χ3v) is 2.88. The van der Waals surface area contributed by atoms with Crippen molar-refractivity contribution < 1.29 is 4.42 Å². The normalized spacial score (nSPS) is 16.6. The topological polar surface area (TPSA) is 26.0 Å². The van der Waals surface area contributed by atoms with E-state index in [0.29, 0.717) is 0 Å². The van der Waals surface area contributed by atoms with Gasteiger partial charge in [0.2, 0.25) is 0 Å². The van der Waals surface area contributed by atoms with E-state index in [4.69, 9.17) is 4.42 Å². The average molecular weight is 187 g/mol. The monoisotopic (exact) mass is 187 g/mol. The molecule has 0 aliphatic carbocycles. The second-order valence-electron chi connectivity index (χ2n) is 3.93. The Labute approximate surface area is 82.9 Å². The van der Waals surface area contributed by atoms with Gasteiger partial charge in [-0.25, -0.2) is 4.98 Å². The number of aromatic nitrogens is 1. The number of nitrogens with zero attached hydrogens (tertiary/aromatic N) is 1. The van der Waals surface area contributed by atoms with Crippen LogP contribution < -0.4 is 0 Å². The van der Waals surface area contributed by atoms with Gasteiger partial charge in [-0.2, -0.15) is 0 Å². The largest absolute Gasteiger partial charge is 0.441 e. The van der Waals surface area contributed by atoms with E-state index in [1.807, 2.05) is 6.07 Å². The van der Waals surface area contributed by atoms with Gasteiger partial charge in [-0.15, -0.1) is 0 Å². The van der Waals surface area contributed by atoms with E-state index in [-0.39, 0.29) is 0 Å². The predicted octanol–water partition coefficient (Wildman–Crippen LogP) is 3.10. The smallest absolute Gasteiger partial charge is 0.195 e. The first-order chi connectivity index (χ1) is 6.93. The summed E-state index contributed by atoms with van der Waals surface area (Å²) >= 11 is 0. The zero-order valence-electron chi connectivity index (χ0n) is 8.12. The second-order valence-corrected chi connectivity index (χ2v) is 3.93. The highest BCUT2D eigenvalue weighted by molar-refractivity contribution is 5.76. The maximum absolute atomic E-state index is 5.67. The lowest BCUT2D eigenvalue weighted by Gasteiger charge is -2.01. The molecule has 0 saturated carbocycles. The molecule has 0 N–H and O–H groups in total. The van der Waals surface area contributed by atoms with Crippen LogP contribution in [0.4, 0.5) is 0 Å². The SMILES string of the molecule is c1cc2c3nc(oc3c1)CCCCC2. The number of oxazole rings is 1. The van der Waals surface area contributed by atoms with Gasteiger partial charge < -0.3 is 4.42 Å². The molecular formula is C12H13NO. The average Bonchev–Trinajstić information content (AvgIpc) is 2.62. The summed E-state index contributed by atoms with van der Waals surface area (Å²) in [4.78, 5) is 4.55. The van der Waals surface area contributed by atoms with E-state index in [2.05, 4.69) is 17.1 Å². The first-order valence-electron chi connectivity index (χ1n) is 5.31. The van der Waals surface area contributed by atoms with Crippen LogP contribution in [-0.2, 0) is 12.8 Å². The Kier molecular flexibility index (Phi) is 1.79. The molecule has 1 aromatic heterocycles. The molecule has 0 radical (unpaired) electrons. The van der Waals surface area contributed by atoms with E-state index in [1.54, 1.807) is 0 Å². The number of para-hydroxylation sites is 1. The number of aryl methyl sites for hydroxylation is 2. The summed E-state index contributed by atoms with van der Waals surface area (Å²) in [5.41, 5.74) is 3.39. The summed E-state index contributed by atoms with van der Waals surface area (Å²) in [5, 5.41) is 0.